The summed E-state index contributed by atoms with van der Waals surface area (Å²) in [5.41, 5.74) is 1.01. The smallest absolute Gasteiger partial charge is 0.243 e. The van der Waals surface area contributed by atoms with Gasteiger partial charge in [-0.15, -0.1) is 0 Å². The maximum atomic E-state index is 12.9. The summed E-state index contributed by atoms with van der Waals surface area (Å²) in [6.07, 6.45) is 0.997. The van der Waals surface area contributed by atoms with Gasteiger partial charge in [0.15, 0.2) is 0 Å². The number of sulfonamides is 1. The minimum atomic E-state index is -3.58. The average molecular weight is 469 g/mol. The second-order valence-corrected chi connectivity index (χ2v) is 10.1. The van der Waals surface area contributed by atoms with E-state index in [1.165, 1.54) is 11.4 Å². The Bertz CT molecular complexity index is 1230. The Morgan fingerprint density at radius 2 is 1.52 bits per heavy atom. The average Bonchev–Trinajstić information content (AvgIpc) is 2.86. The van der Waals surface area contributed by atoms with Gasteiger partial charge in [-0.25, -0.2) is 8.42 Å². The number of carbonyl (C=O) groups is 1. The molecule has 0 spiro atoms. The number of rotatable bonds is 7. The van der Waals surface area contributed by atoms with E-state index in [0.29, 0.717) is 38.2 Å². The van der Waals surface area contributed by atoms with Gasteiger partial charge < -0.3 is 14.8 Å². The molecule has 1 heterocycles. The molecule has 1 aliphatic heterocycles. The number of nitrogens with one attached hydrogen (secondary N) is 1. The first kappa shape index (κ1) is 23.1. The molecule has 8 heteroatoms. The van der Waals surface area contributed by atoms with Crippen molar-refractivity contribution >= 4 is 26.7 Å². The molecule has 0 bridgehead atoms. The number of hydrogen-bond donors (Lipinski definition) is 1. The molecule has 174 valence electrons. The van der Waals surface area contributed by atoms with E-state index in [1.807, 2.05) is 30.3 Å². The van der Waals surface area contributed by atoms with E-state index in [-0.39, 0.29) is 16.7 Å². The molecule has 7 nitrogen and oxygen atoms in total. The Labute approximate surface area is 194 Å². The van der Waals surface area contributed by atoms with E-state index in [1.54, 1.807) is 31.4 Å². The van der Waals surface area contributed by atoms with Gasteiger partial charge in [0.25, 0.3) is 0 Å². The number of methoxy groups -OCH3 is 2. The van der Waals surface area contributed by atoms with Gasteiger partial charge in [0.05, 0.1) is 19.1 Å². The molecular weight excluding hydrogens is 440 g/mol. The van der Waals surface area contributed by atoms with Crippen LogP contribution in [-0.4, -0.2) is 45.9 Å². The van der Waals surface area contributed by atoms with Crippen LogP contribution < -0.4 is 14.8 Å². The summed E-state index contributed by atoms with van der Waals surface area (Å²) >= 11 is 0. The molecule has 0 saturated carbocycles. The molecule has 4 rings (SSSR count). The SMILES string of the molecule is COc1ccc(S(=O)(=O)N2CCC(C(=O)NCc3ccc4cc(OC)ccc4c3)CC2)cc1. The predicted molar refractivity (Wildman–Crippen MR) is 127 cm³/mol. The van der Waals surface area contributed by atoms with E-state index in [0.717, 1.165) is 22.1 Å². The van der Waals surface area contributed by atoms with Crippen LogP contribution in [0.4, 0.5) is 0 Å². The van der Waals surface area contributed by atoms with Crippen molar-refractivity contribution in [3.8, 4) is 11.5 Å². The third kappa shape index (κ3) is 5.12. The van der Waals surface area contributed by atoms with Crippen LogP contribution in [0.15, 0.2) is 65.6 Å². The molecule has 1 aliphatic rings. The quantitative estimate of drug-likeness (QED) is 0.573. The molecule has 0 atom stereocenters. The molecule has 33 heavy (non-hydrogen) atoms. The maximum Gasteiger partial charge on any atom is 0.243 e. The first-order valence-corrected chi connectivity index (χ1v) is 12.3. The number of hydrogen-bond acceptors (Lipinski definition) is 5. The Morgan fingerprint density at radius 1 is 0.909 bits per heavy atom. The second kappa shape index (κ2) is 9.80. The zero-order valence-electron chi connectivity index (χ0n) is 18.8. The highest BCUT2D eigenvalue weighted by Gasteiger charge is 2.32. The highest BCUT2D eigenvalue weighted by atomic mass is 32.2. The molecule has 1 fully saturated rings. The van der Waals surface area contributed by atoms with Crippen LogP contribution >= 0.6 is 0 Å². The largest absolute Gasteiger partial charge is 0.497 e. The van der Waals surface area contributed by atoms with Gasteiger partial charge in [-0.05, 0) is 71.6 Å². The van der Waals surface area contributed by atoms with E-state index >= 15 is 0 Å². The van der Waals surface area contributed by atoms with Crippen molar-refractivity contribution in [3.63, 3.8) is 0 Å². The molecule has 3 aromatic carbocycles. The van der Waals surface area contributed by atoms with Crippen LogP contribution in [0.3, 0.4) is 0 Å². The fraction of sp³-hybridized carbons (Fsp3) is 0.320. The zero-order chi connectivity index (χ0) is 23.4. The van der Waals surface area contributed by atoms with Crippen molar-refractivity contribution < 1.29 is 22.7 Å². The number of carbonyl (C=O) groups excluding carboxylic acids is 1. The molecular formula is C25H28N2O5S. The first-order valence-electron chi connectivity index (χ1n) is 10.9. The van der Waals surface area contributed by atoms with Gasteiger partial charge in [-0.3, -0.25) is 4.79 Å². The molecule has 0 radical (unpaired) electrons. The van der Waals surface area contributed by atoms with Crippen LogP contribution in [0.5, 0.6) is 11.5 Å². The lowest BCUT2D eigenvalue weighted by Gasteiger charge is -2.30. The van der Waals surface area contributed by atoms with Gasteiger partial charge in [0, 0.05) is 25.6 Å². The normalized spacial score (nSPS) is 15.3. The fourth-order valence-corrected chi connectivity index (χ4v) is 5.57. The molecule has 1 amide bonds. The van der Waals surface area contributed by atoms with Crippen molar-refractivity contribution in [2.24, 2.45) is 5.92 Å². The van der Waals surface area contributed by atoms with Gasteiger partial charge in [0.1, 0.15) is 11.5 Å². The number of amides is 1. The lowest BCUT2D eigenvalue weighted by atomic mass is 9.97. The van der Waals surface area contributed by atoms with Gasteiger partial charge >= 0.3 is 0 Å². The topological polar surface area (TPSA) is 84.9 Å². The Kier molecular flexibility index (Phi) is 6.85. The first-order chi connectivity index (χ1) is 15.9. The third-order valence-corrected chi connectivity index (χ3v) is 8.01. The highest BCUT2D eigenvalue weighted by Crippen LogP contribution is 2.26. The second-order valence-electron chi connectivity index (χ2n) is 8.12. The lowest BCUT2D eigenvalue weighted by Crippen LogP contribution is -2.42. The summed E-state index contributed by atoms with van der Waals surface area (Å²) in [4.78, 5) is 12.9. The molecule has 0 unspecified atom stereocenters. The summed E-state index contributed by atoms with van der Waals surface area (Å²) in [5, 5.41) is 5.17. The van der Waals surface area contributed by atoms with Crippen LogP contribution in [0, 0.1) is 5.92 Å². The van der Waals surface area contributed by atoms with Crippen molar-refractivity contribution in [3.05, 3.63) is 66.2 Å². The van der Waals surface area contributed by atoms with Crippen molar-refractivity contribution in [2.75, 3.05) is 27.3 Å². The van der Waals surface area contributed by atoms with Gasteiger partial charge in [-0.1, -0.05) is 18.2 Å². The van der Waals surface area contributed by atoms with Crippen LogP contribution in [0.25, 0.3) is 10.8 Å². The monoisotopic (exact) mass is 468 g/mol. The maximum absolute atomic E-state index is 12.9. The van der Waals surface area contributed by atoms with Crippen molar-refractivity contribution in [1.29, 1.82) is 0 Å². The summed E-state index contributed by atoms with van der Waals surface area (Å²) in [7, 11) is -0.399. The lowest BCUT2D eigenvalue weighted by molar-refractivity contribution is -0.126. The summed E-state index contributed by atoms with van der Waals surface area (Å²) in [6.45, 7) is 1.08. The summed E-state index contributed by atoms with van der Waals surface area (Å²) < 4.78 is 37.6. The molecule has 0 aliphatic carbocycles. The molecule has 0 aromatic heterocycles. The van der Waals surface area contributed by atoms with Crippen LogP contribution in [0.2, 0.25) is 0 Å². The molecule has 1 saturated heterocycles. The Morgan fingerprint density at radius 3 is 2.18 bits per heavy atom. The summed E-state index contributed by atoms with van der Waals surface area (Å²) in [5.74, 6) is 1.18. The number of ether oxygens (including phenoxy) is 2. The third-order valence-electron chi connectivity index (χ3n) is 6.10. The number of fused-ring (bicyclic) bond motifs is 1. The van der Waals surface area contributed by atoms with Crippen LogP contribution in [0.1, 0.15) is 18.4 Å². The summed E-state index contributed by atoms with van der Waals surface area (Å²) in [6, 6.07) is 18.3. The van der Waals surface area contributed by atoms with Crippen molar-refractivity contribution in [1.82, 2.24) is 9.62 Å². The fourth-order valence-electron chi connectivity index (χ4n) is 4.10. The molecule has 3 aromatic rings. The predicted octanol–water partition coefficient (Wildman–Crippen LogP) is 3.57. The standard InChI is InChI=1S/C25H28N2O5S/c1-31-22-7-9-24(10-8-22)33(29,30)27-13-11-19(12-14-27)25(28)26-17-18-3-4-21-16-23(32-2)6-5-20(21)15-18/h3-10,15-16,19H,11-14,17H2,1-2H3,(H,26,28). The Hall–Kier alpha value is -3.10. The molecule has 1 N–H and O–H groups in total. The van der Waals surface area contributed by atoms with Gasteiger partial charge in [0.2, 0.25) is 15.9 Å². The van der Waals surface area contributed by atoms with E-state index in [9.17, 15) is 13.2 Å². The minimum absolute atomic E-state index is 0.0358. The van der Waals surface area contributed by atoms with E-state index in [2.05, 4.69) is 11.4 Å². The van der Waals surface area contributed by atoms with Crippen LogP contribution in [-0.2, 0) is 21.4 Å². The number of benzene rings is 3. The van der Waals surface area contributed by atoms with E-state index in [4.69, 9.17) is 9.47 Å². The Balaban J connectivity index is 1.32. The number of piperidine rings is 1. The number of nitrogens with zero attached hydrogens (tertiary/aromatic N) is 1. The van der Waals surface area contributed by atoms with Gasteiger partial charge in [-0.2, -0.15) is 4.31 Å². The highest BCUT2D eigenvalue weighted by molar-refractivity contribution is 7.89. The van der Waals surface area contributed by atoms with Crippen molar-refractivity contribution in [2.45, 2.75) is 24.3 Å². The minimum Gasteiger partial charge on any atom is -0.497 e. The zero-order valence-corrected chi connectivity index (χ0v) is 19.6. The van der Waals surface area contributed by atoms with E-state index < -0.39 is 10.0 Å².